The second kappa shape index (κ2) is 10.8. The number of carbonyl (C=O) groups excluding carboxylic acids is 2. The molecule has 7 nitrogen and oxygen atoms in total. The smallest absolute Gasteiger partial charge is 0.243 e. The third-order valence-electron chi connectivity index (χ3n) is 6.24. The van der Waals surface area contributed by atoms with Crippen LogP contribution in [0.5, 0.6) is 0 Å². The molecule has 2 aromatic rings. The number of aliphatic hydroxyl groups excluding tert-OH is 1. The Balaban J connectivity index is 1.66. The van der Waals surface area contributed by atoms with Crippen LogP contribution < -0.4 is 10.6 Å². The van der Waals surface area contributed by atoms with Crippen LogP contribution in [0.3, 0.4) is 0 Å². The summed E-state index contributed by atoms with van der Waals surface area (Å²) in [5, 5.41) is 16.7. The lowest BCUT2D eigenvalue weighted by Crippen LogP contribution is -2.57. The average Bonchev–Trinajstić information content (AvgIpc) is 3.36. The number of rotatable bonds is 7. The molecule has 1 aromatic heterocycles. The molecule has 0 unspecified atom stereocenters. The third kappa shape index (κ3) is 7.12. The van der Waals surface area contributed by atoms with E-state index in [1.54, 1.807) is 16.2 Å². The predicted octanol–water partition coefficient (Wildman–Crippen LogP) is 3.75. The summed E-state index contributed by atoms with van der Waals surface area (Å²) in [6.45, 7) is 15.6. The maximum atomic E-state index is 13.6. The Bertz CT molecular complexity index is 1020. The lowest BCUT2D eigenvalue weighted by atomic mass is 9.84. The van der Waals surface area contributed by atoms with Gasteiger partial charge in [0.05, 0.1) is 28.2 Å². The summed E-state index contributed by atoms with van der Waals surface area (Å²) in [5.41, 5.74) is 4.59. The van der Waals surface area contributed by atoms with E-state index in [0.29, 0.717) is 13.1 Å². The molecule has 0 bridgehead atoms. The Morgan fingerprint density at radius 1 is 1.17 bits per heavy atom. The van der Waals surface area contributed by atoms with Crippen LogP contribution in [0.4, 0.5) is 0 Å². The average molecular weight is 501 g/mol. The number of nitrogens with zero attached hydrogens (tertiary/aromatic N) is 2. The van der Waals surface area contributed by atoms with Crippen molar-refractivity contribution in [2.75, 3.05) is 13.1 Å². The first-order chi connectivity index (χ1) is 16.3. The third-order valence-corrected chi connectivity index (χ3v) is 7.22. The fourth-order valence-electron chi connectivity index (χ4n) is 4.30. The van der Waals surface area contributed by atoms with Gasteiger partial charge in [0.25, 0.3) is 0 Å². The Morgan fingerprint density at radius 2 is 1.83 bits per heavy atom. The van der Waals surface area contributed by atoms with Crippen molar-refractivity contribution >= 4 is 23.2 Å². The van der Waals surface area contributed by atoms with Crippen LogP contribution in [0.2, 0.25) is 0 Å². The topological polar surface area (TPSA) is 94.6 Å². The Kier molecular flexibility index (Phi) is 8.40. The van der Waals surface area contributed by atoms with Gasteiger partial charge in [-0.15, -0.1) is 11.3 Å². The highest BCUT2D eigenvalue weighted by atomic mass is 32.1. The molecule has 0 saturated carbocycles. The number of carbonyl (C=O) groups is 2. The van der Waals surface area contributed by atoms with Crippen molar-refractivity contribution in [3.8, 4) is 10.4 Å². The summed E-state index contributed by atoms with van der Waals surface area (Å²) < 4.78 is 0. The molecule has 3 atom stereocenters. The molecule has 0 aliphatic carbocycles. The lowest BCUT2D eigenvalue weighted by molar-refractivity contribution is -0.142. The van der Waals surface area contributed by atoms with Crippen molar-refractivity contribution in [3.63, 3.8) is 0 Å². The molecular weight excluding hydrogens is 460 g/mol. The Hall–Kier alpha value is -2.29. The molecule has 0 radical (unpaired) electrons. The molecule has 3 N–H and O–H groups in total. The van der Waals surface area contributed by atoms with Crippen molar-refractivity contribution in [2.45, 2.75) is 79.6 Å². The largest absolute Gasteiger partial charge is 0.391 e. The minimum absolute atomic E-state index is 0.0132. The van der Waals surface area contributed by atoms with Crippen LogP contribution >= 0.6 is 11.3 Å². The second-order valence-electron chi connectivity index (χ2n) is 11.8. The number of aliphatic hydroxyl groups is 1. The quantitative estimate of drug-likeness (QED) is 0.538. The monoisotopic (exact) mass is 500 g/mol. The van der Waals surface area contributed by atoms with E-state index in [2.05, 4.69) is 36.4 Å². The van der Waals surface area contributed by atoms with Crippen LogP contribution in [0, 0.1) is 17.8 Å². The number of hydrogen-bond donors (Lipinski definition) is 3. The number of aryl methyl sites for hydroxylation is 1. The zero-order valence-electron chi connectivity index (χ0n) is 22.0. The normalized spacial score (nSPS) is 19.6. The van der Waals surface area contributed by atoms with Gasteiger partial charge in [0.15, 0.2) is 0 Å². The van der Waals surface area contributed by atoms with Crippen LogP contribution in [-0.4, -0.2) is 58.1 Å². The summed E-state index contributed by atoms with van der Waals surface area (Å²) in [4.78, 5) is 33.7. The van der Waals surface area contributed by atoms with E-state index in [0.717, 1.165) is 21.7 Å². The summed E-state index contributed by atoms with van der Waals surface area (Å²) >= 11 is 1.61. The van der Waals surface area contributed by atoms with Crippen molar-refractivity contribution in [1.29, 1.82) is 0 Å². The SMILES string of the molecule is Cc1ncsc1-c1ccc(CNC(=O)[C@@H]2C[C@@H](O)CN2C(=O)[C@@H](NCC(C)(C)C)C(C)(C)C)cc1. The van der Waals surface area contributed by atoms with Crippen LogP contribution in [0.1, 0.15) is 59.2 Å². The minimum atomic E-state index is -0.708. The first kappa shape index (κ1) is 27.3. The van der Waals surface area contributed by atoms with Crippen LogP contribution in [0.25, 0.3) is 10.4 Å². The number of likely N-dealkylation sites (tertiary alicyclic amines) is 1. The maximum absolute atomic E-state index is 13.6. The van der Waals surface area contributed by atoms with Crippen molar-refractivity contribution in [1.82, 2.24) is 20.5 Å². The highest BCUT2D eigenvalue weighted by Crippen LogP contribution is 2.28. The first-order valence-corrected chi connectivity index (χ1v) is 13.1. The van der Waals surface area contributed by atoms with Gasteiger partial charge in [-0.2, -0.15) is 0 Å². The van der Waals surface area contributed by atoms with Crippen molar-refractivity contribution < 1.29 is 14.7 Å². The Morgan fingerprint density at radius 3 is 2.37 bits per heavy atom. The minimum Gasteiger partial charge on any atom is -0.391 e. The molecule has 1 aliphatic heterocycles. The van der Waals surface area contributed by atoms with Crippen LogP contribution in [-0.2, 0) is 16.1 Å². The fraction of sp³-hybridized carbons (Fsp3) is 0.593. The summed E-state index contributed by atoms with van der Waals surface area (Å²) in [5.74, 6) is -0.372. The summed E-state index contributed by atoms with van der Waals surface area (Å²) in [7, 11) is 0. The second-order valence-corrected chi connectivity index (χ2v) is 12.7. The van der Waals surface area contributed by atoms with Gasteiger partial charge in [0.1, 0.15) is 6.04 Å². The number of β-amino-alcohol motifs (C(OH)–C–C–N with tert-alkyl or cyclic N) is 1. The molecule has 1 aromatic carbocycles. The maximum Gasteiger partial charge on any atom is 0.243 e. The first-order valence-electron chi connectivity index (χ1n) is 12.3. The summed E-state index contributed by atoms with van der Waals surface area (Å²) in [6.07, 6.45) is -0.461. The van der Waals surface area contributed by atoms with E-state index < -0.39 is 18.2 Å². The van der Waals surface area contributed by atoms with Gasteiger partial charge < -0.3 is 20.6 Å². The fourth-order valence-corrected chi connectivity index (χ4v) is 5.12. The highest BCUT2D eigenvalue weighted by molar-refractivity contribution is 7.13. The zero-order chi connectivity index (χ0) is 26.0. The van der Waals surface area contributed by atoms with E-state index in [-0.39, 0.29) is 35.6 Å². The van der Waals surface area contributed by atoms with Gasteiger partial charge >= 0.3 is 0 Å². The van der Waals surface area contributed by atoms with E-state index in [1.807, 2.05) is 57.5 Å². The number of hydrogen-bond acceptors (Lipinski definition) is 6. The van der Waals surface area contributed by atoms with Crippen LogP contribution in [0.15, 0.2) is 29.8 Å². The number of thiazole rings is 1. The van der Waals surface area contributed by atoms with Gasteiger partial charge in [-0.25, -0.2) is 4.98 Å². The number of amides is 2. The molecule has 0 spiro atoms. The Labute approximate surface area is 213 Å². The molecule has 1 aliphatic rings. The molecule has 3 rings (SSSR count). The standard InChI is InChI=1S/C27H40N4O3S/c1-17-22(35-16-30-17)19-10-8-18(9-11-19)13-28-24(33)21-12-20(32)14-31(21)25(34)23(27(5,6)7)29-15-26(2,3)4/h8-11,16,20-21,23,29,32H,12-15H2,1-7H3,(H,28,33)/t20-,21+,23-/m1/s1. The molecule has 1 fully saturated rings. The summed E-state index contributed by atoms with van der Waals surface area (Å²) in [6, 6.07) is 6.92. The predicted molar refractivity (Wildman–Crippen MR) is 141 cm³/mol. The molecule has 8 heteroatoms. The molecule has 35 heavy (non-hydrogen) atoms. The van der Waals surface area contributed by atoms with Gasteiger partial charge in [0, 0.05) is 26.1 Å². The van der Waals surface area contributed by atoms with Gasteiger partial charge in [-0.05, 0) is 28.9 Å². The van der Waals surface area contributed by atoms with E-state index >= 15 is 0 Å². The molecule has 2 amide bonds. The number of benzene rings is 1. The van der Waals surface area contributed by atoms with Crippen molar-refractivity contribution in [2.24, 2.45) is 10.8 Å². The van der Waals surface area contributed by atoms with Gasteiger partial charge in [0.2, 0.25) is 11.8 Å². The molecular formula is C27H40N4O3S. The molecule has 192 valence electrons. The van der Waals surface area contributed by atoms with Gasteiger partial charge in [-0.1, -0.05) is 65.8 Å². The van der Waals surface area contributed by atoms with E-state index in [9.17, 15) is 14.7 Å². The number of aromatic nitrogens is 1. The molecule has 2 heterocycles. The molecule has 1 saturated heterocycles. The zero-order valence-corrected chi connectivity index (χ0v) is 22.8. The van der Waals surface area contributed by atoms with Crippen molar-refractivity contribution in [3.05, 3.63) is 41.0 Å². The van der Waals surface area contributed by atoms with E-state index in [4.69, 9.17) is 0 Å². The lowest BCUT2D eigenvalue weighted by Gasteiger charge is -2.37. The van der Waals surface area contributed by atoms with E-state index in [1.165, 1.54) is 0 Å². The number of nitrogens with one attached hydrogen (secondary N) is 2. The van der Waals surface area contributed by atoms with Gasteiger partial charge in [-0.3, -0.25) is 9.59 Å². The highest BCUT2D eigenvalue weighted by Gasteiger charge is 2.44.